The molecular formula is C19H20O4. The molecule has 0 bridgehead atoms. The van der Waals surface area contributed by atoms with Gasteiger partial charge in [0.2, 0.25) is 0 Å². The van der Waals surface area contributed by atoms with Gasteiger partial charge in [-0.25, -0.2) is 0 Å². The van der Waals surface area contributed by atoms with E-state index in [2.05, 4.69) is 6.92 Å². The number of carbonyl (C=O) groups is 1. The van der Waals surface area contributed by atoms with Crippen molar-refractivity contribution >= 4 is 6.29 Å². The molecule has 0 aliphatic carbocycles. The summed E-state index contributed by atoms with van der Waals surface area (Å²) in [4.78, 5) is 10.7. The van der Waals surface area contributed by atoms with Crippen LogP contribution < -0.4 is 0 Å². The zero-order chi connectivity index (χ0) is 16.4. The lowest BCUT2D eigenvalue weighted by atomic mass is 9.93. The summed E-state index contributed by atoms with van der Waals surface area (Å²) in [6.45, 7) is 2.85. The van der Waals surface area contributed by atoms with Crippen molar-refractivity contribution in [2.24, 2.45) is 5.92 Å². The Hall–Kier alpha value is -2.33. The van der Waals surface area contributed by atoms with Crippen molar-refractivity contribution in [2.45, 2.75) is 25.9 Å². The number of benzene rings is 2. The van der Waals surface area contributed by atoms with Crippen molar-refractivity contribution in [3.8, 4) is 22.6 Å². The number of ether oxygens (including phenoxy) is 1. The summed E-state index contributed by atoms with van der Waals surface area (Å²) in [6, 6.07) is 10.0. The molecule has 0 aromatic heterocycles. The first kappa shape index (κ1) is 15.6. The molecule has 1 fully saturated rings. The van der Waals surface area contributed by atoms with Gasteiger partial charge in [-0.3, -0.25) is 4.79 Å². The topological polar surface area (TPSA) is 66.8 Å². The average molecular weight is 312 g/mol. The van der Waals surface area contributed by atoms with Crippen molar-refractivity contribution < 1.29 is 19.7 Å². The summed E-state index contributed by atoms with van der Waals surface area (Å²) < 4.78 is 5.80. The summed E-state index contributed by atoms with van der Waals surface area (Å²) >= 11 is 0. The minimum Gasteiger partial charge on any atom is -0.507 e. The van der Waals surface area contributed by atoms with Gasteiger partial charge < -0.3 is 14.9 Å². The Morgan fingerprint density at radius 3 is 2.26 bits per heavy atom. The zero-order valence-electron chi connectivity index (χ0n) is 13.0. The Labute approximate surface area is 135 Å². The Balaban J connectivity index is 1.92. The van der Waals surface area contributed by atoms with E-state index in [0.717, 1.165) is 24.7 Å². The number of aromatic hydroxyl groups is 2. The number of phenolic OH excluding ortho intramolecular Hbond substituents is 2. The van der Waals surface area contributed by atoms with Gasteiger partial charge in [0.15, 0.2) is 0 Å². The maximum absolute atomic E-state index is 10.7. The third kappa shape index (κ3) is 3.22. The lowest BCUT2D eigenvalue weighted by Gasteiger charge is -2.27. The van der Waals surface area contributed by atoms with Crippen LogP contribution >= 0.6 is 0 Å². The van der Waals surface area contributed by atoms with Crippen LogP contribution in [-0.4, -0.2) is 23.1 Å². The highest BCUT2D eigenvalue weighted by Crippen LogP contribution is 2.41. The van der Waals surface area contributed by atoms with Crippen LogP contribution in [0.3, 0.4) is 0 Å². The van der Waals surface area contributed by atoms with E-state index in [1.165, 1.54) is 0 Å². The van der Waals surface area contributed by atoms with Gasteiger partial charge in [0.1, 0.15) is 17.8 Å². The number of hydrogen-bond acceptors (Lipinski definition) is 4. The molecule has 3 rings (SSSR count). The second-order valence-corrected chi connectivity index (χ2v) is 6.18. The molecule has 1 aliphatic heterocycles. The number of rotatable bonds is 3. The second-order valence-electron chi connectivity index (χ2n) is 6.18. The molecule has 1 saturated heterocycles. The van der Waals surface area contributed by atoms with Gasteiger partial charge in [-0.2, -0.15) is 0 Å². The SMILES string of the molecule is CC1CCC(c2cc(O)c(-c3ccc(C=O)cc3)c(O)c2)OC1. The van der Waals surface area contributed by atoms with Gasteiger partial charge in [-0.05, 0) is 42.0 Å². The van der Waals surface area contributed by atoms with Gasteiger partial charge >= 0.3 is 0 Å². The summed E-state index contributed by atoms with van der Waals surface area (Å²) in [5, 5.41) is 20.7. The van der Waals surface area contributed by atoms with Gasteiger partial charge in [-0.15, -0.1) is 0 Å². The summed E-state index contributed by atoms with van der Waals surface area (Å²) in [6.07, 6.45) is 2.62. The van der Waals surface area contributed by atoms with Crippen molar-refractivity contribution in [1.29, 1.82) is 0 Å². The molecule has 0 saturated carbocycles. The first-order valence-electron chi connectivity index (χ1n) is 7.81. The molecule has 2 N–H and O–H groups in total. The van der Waals surface area contributed by atoms with Crippen LogP contribution in [0.1, 0.15) is 41.8 Å². The van der Waals surface area contributed by atoms with Gasteiger partial charge in [0.25, 0.3) is 0 Å². The Morgan fingerprint density at radius 2 is 1.74 bits per heavy atom. The quantitative estimate of drug-likeness (QED) is 0.839. The van der Waals surface area contributed by atoms with Crippen LogP contribution in [0.2, 0.25) is 0 Å². The predicted molar refractivity (Wildman–Crippen MR) is 87.7 cm³/mol. The van der Waals surface area contributed by atoms with Crippen molar-refractivity contribution in [1.82, 2.24) is 0 Å². The molecule has 2 atom stereocenters. The van der Waals surface area contributed by atoms with Crippen molar-refractivity contribution in [2.75, 3.05) is 6.61 Å². The van der Waals surface area contributed by atoms with Crippen LogP contribution in [0.15, 0.2) is 36.4 Å². The zero-order valence-corrected chi connectivity index (χ0v) is 13.0. The Bertz CT molecular complexity index is 675. The highest BCUT2D eigenvalue weighted by Gasteiger charge is 2.23. The Kier molecular flexibility index (Phi) is 4.35. The lowest BCUT2D eigenvalue weighted by molar-refractivity contribution is -0.0125. The van der Waals surface area contributed by atoms with E-state index in [1.807, 2.05) is 0 Å². The van der Waals surface area contributed by atoms with Crippen LogP contribution in [-0.2, 0) is 4.74 Å². The molecular weight excluding hydrogens is 292 g/mol. The third-order valence-corrected chi connectivity index (χ3v) is 4.33. The number of phenols is 2. The van der Waals surface area contributed by atoms with Crippen molar-refractivity contribution in [3.63, 3.8) is 0 Å². The number of hydrogen-bond donors (Lipinski definition) is 2. The molecule has 23 heavy (non-hydrogen) atoms. The van der Waals surface area contributed by atoms with Crippen LogP contribution in [0.5, 0.6) is 11.5 Å². The van der Waals surface area contributed by atoms with Gasteiger partial charge in [-0.1, -0.05) is 31.2 Å². The number of aldehydes is 1. The van der Waals surface area contributed by atoms with Crippen LogP contribution in [0.25, 0.3) is 11.1 Å². The smallest absolute Gasteiger partial charge is 0.150 e. The van der Waals surface area contributed by atoms with E-state index in [0.29, 0.717) is 29.2 Å². The molecule has 2 aromatic rings. The standard InChI is InChI=1S/C19H20O4/c1-12-2-7-18(23-11-12)15-8-16(21)19(17(22)9-15)14-5-3-13(10-20)4-6-14/h3-6,8-10,12,18,21-22H,2,7,11H2,1H3. The van der Waals surface area contributed by atoms with E-state index >= 15 is 0 Å². The predicted octanol–water partition coefficient (Wildman–Crippen LogP) is 4.06. The lowest BCUT2D eigenvalue weighted by Crippen LogP contribution is -2.18. The number of carbonyl (C=O) groups excluding carboxylic acids is 1. The van der Waals surface area contributed by atoms with E-state index in [9.17, 15) is 15.0 Å². The van der Waals surface area contributed by atoms with E-state index in [1.54, 1.807) is 36.4 Å². The molecule has 0 amide bonds. The molecule has 2 unspecified atom stereocenters. The molecule has 120 valence electrons. The average Bonchev–Trinajstić information content (AvgIpc) is 2.55. The van der Waals surface area contributed by atoms with Gasteiger partial charge in [0, 0.05) is 12.2 Å². The molecule has 1 heterocycles. The maximum Gasteiger partial charge on any atom is 0.150 e. The fourth-order valence-electron chi connectivity index (χ4n) is 2.99. The fraction of sp³-hybridized carbons (Fsp3) is 0.316. The first-order valence-corrected chi connectivity index (χ1v) is 7.81. The van der Waals surface area contributed by atoms with Gasteiger partial charge in [0.05, 0.1) is 11.7 Å². The molecule has 4 heteroatoms. The van der Waals surface area contributed by atoms with E-state index in [4.69, 9.17) is 4.74 Å². The summed E-state index contributed by atoms with van der Waals surface area (Å²) in [5.74, 6) is 0.575. The van der Waals surface area contributed by atoms with E-state index < -0.39 is 0 Å². The monoisotopic (exact) mass is 312 g/mol. The minimum atomic E-state index is -0.0884. The minimum absolute atomic E-state index is 0.0149. The van der Waals surface area contributed by atoms with E-state index in [-0.39, 0.29) is 17.6 Å². The highest BCUT2D eigenvalue weighted by molar-refractivity contribution is 5.80. The van der Waals surface area contributed by atoms with Crippen molar-refractivity contribution in [3.05, 3.63) is 47.5 Å². The highest BCUT2D eigenvalue weighted by atomic mass is 16.5. The van der Waals surface area contributed by atoms with Crippen LogP contribution in [0, 0.1) is 5.92 Å². The molecule has 0 radical (unpaired) electrons. The normalized spacial score (nSPS) is 21.1. The molecule has 1 aliphatic rings. The van der Waals surface area contributed by atoms with Crippen LogP contribution in [0.4, 0.5) is 0 Å². The second kappa shape index (κ2) is 6.42. The molecule has 4 nitrogen and oxygen atoms in total. The fourth-order valence-corrected chi connectivity index (χ4v) is 2.99. The summed E-state index contributed by atoms with van der Waals surface area (Å²) in [5.41, 5.74) is 2.37. The summed E-state index contributed by atoms with van der Waals surface area (Å²) in [7, 11) is 0. The maximum atomic E-state index is 10.7. The molecule has 2 aromatic carbocycles. The third-order valence-electron chi connectivity index (χ3n) is 4.33. The molecule has 0 spiro atoms. The first-order chi connectivity index (χ1) is 11.1. The largest absolute Gasteiger partial charge is 0.507 e. The Morgan fingerprint density at radius 1 is 1.09 bits per heavy atom.